The first kappa shape index (κ1) is 15.9. The summed E-state index contributed by atoms with van der Waals surface area (Å²) in [5.74, 6) is 0.577. The van der Waals surface area contributed by atoms with E-state index in [2.05, 4.69) is 19.3 Å². The summed E-state index contributed by atoms with van der Waals surface area (Å²) in [7, 11) is 5.73. The number of likely N-dealkylation sites (N-methyl/N-ethyl adjacent to an activating group) is 1. The largest absolute Gasteiger partial charge is 0.385 e. The second-order valence-corrected chi connectivity index (χ2v) is 5.71. The van der Waals surface area contributed by atoms with Crippen LogP contribution >= 0.6 is 0 Å². The normalized spacial score (nSPS) is 23.3. The zero-order valence-electron chi connectivity index (χ0n) is 12.6. The Kier molecular flexibility index (Phi) is 7.20. The molecule has 0 spiro atoms. The number of nitrogens with one attached hydrogen (secondary N) is 1. The molecule has 2 unspecified atom stereocenters. The van der Waals surface area contributed by atoms with Crippen molar-refractivity contribution >= 4 is 0 Å². The fourth-order valence-electron chi connectivity index (χ4n) is 3.51. The maximum absolute atomic E-state index is 6.01. The van der Waals surface area contributed by atoms with Crippen LogP contribution in [0, 0.1) is 5.92 Å². The number of hydrogen-bond donors (Lipinski definition) is 1. The van der Waals surface area contributed by atoms with Gasteiger partial charge in [0.1, 0.15) is 0 Å². The highest BCUT2D eigenvalue weighted by Gasteiger charge is 2.40. The van der Waals surface area contributed by atoms with Crippen LogP contribution in [0.15, 0.2) is 0 Å². The molecule has 0 bridgehead atoms. The summed E-state index contributed by atoms with van der Waals surface area (Å²) in [4.78, 5) is 0. The van der Waals surface area contributed by atoms with Gasteiger partial charge in [-0.1, -0.05) is 32.6 Å². The van der Waals surface area contributed by atoms with Gasteiger partial charge in [-0.15, -0.1) is 0 Å². The smallest absolute Gasteiger partial charge is 0.0833 e. The lowest BCUT2D eigenvalue weighted by atomic mass is 9.78. The van der Waals surface area contributed by atoms with Crippen molar-refractivity contribution in [3.05, 3.63) is 0 Å². The van der Waals surface area contributed by atoms with Crippen LogP contribution in [0.5, 0.6) is 0 Å². The van der Waals surface area contributed by atoms with E-state index in [9.17, 15) is 0 Å². The molecule has 108 valence electrons. The van der Waals surface area contributed by atoms with Gasteiger partial charge in [-0.25, -0.2) is 0 Å². The van der Waals surface area contributed by atoms with Crippen molar-refractivity contribution in [2.45, 2.75) is 63.5 Å². The minimum absolute atomic E-state index is 0.0262. The Hall–Kier alpha value is -0.120. The molecule has 3 heteroatoms. The molecular weight excluding hydrogens is 226 g/mol. The Morgan fingerprint density at radius 3 is 2.17 bits per heavy atom. The maximum atomic E-state index is 6.01. The first-order valence-electron chi connectivity index (χ1n) is 7.41. The number of rotatable bonds is 7. The summed E-state index contributed by atoms with van der Waals surface area (Å²) in [6, 6.07) is 0.427. The quantitative estimate of drug-likeness (QED) is 0.711. The van der Waals surface area contributed by atoms with Crippen LogP contribution in [0.2, 0.25) is 0 Å². The van der Waals surface area contributed by atoms with Crippen LogP contribution in [0.4, 0.5) is 0 Å². The van der Waals surface area contributed by atoms with E-state index < -0.39 is 0 Å². The second-order valence-electron chi connectivity index (χ2n) is 5.71. The molecular formula is C15H31NO2. The number of methoxy groups -OCH3 is 2. The molecule has 1 saturated carbocycles. The highest BCUT2D eigenvalue weighted by molar-refractivity contribution is 4.96. The molecule has 0 heterocycles. The van der Waals surface area contributed by atoms with E-state index >= 15 is 0 Å². The van der Waals surface area contributed by atoms with Crippen molar-refractivity contribution in [3.8, 4) is 0 Å². The van der Waals surface area contributed by atoms with E-state index in [-0.39, 0.29) is 5.60 Å². The van der Waals surface area contributed by atoms with E-state index in [1.54, 1.807) is 7.11 Å². The van der Waals surface area contributed by atoms with Gasteiger partial charge in [0.15, 0.2) is 0 Å². The standard InChI is InChI=1S/C15H31NO2/c1-13(9-12-17-3)14(16-2)15(18-4)10-7-5-6-8-11-15/h13-14,16H,5-12H2,1-4H3. The molecule has 0 aromatic carbocycles. The first-order valence-corrected chi connectivity index (χ1v) is 7.41. The van der Waals surface area contributed by atoms with Crippen molar-refractivity contribution < 1.29 is 9.47 Å². The summed E-state index contributed by atoms with van der Waals surface area (Å²) >= 11 is 0. The molecule has 3 nitrogen and oxygen atoms in total. The average molecular weight is 257 g/mol. The lowest BCUT2D eigenvalue weighted by Crippen LogP contribution is -2.54. The predicted molar refractivity (Wildman–Crippen MR) is 75.9 cm³/mol. The number of ether oxygens (including phenoxy) is 2. The van der Waals surface area contributed by atoms with Crippen LogP contribution in [0.25, 0.3) is 0 Å². The molecule has 2 atom stereocenters. The summed E-state index contributed by atoms with van der Waals surface area (Å²) in [5.41, 5.74) is 0.0262. The molecule has 0 saturated heterocycles. The summed E-state index contributed by atoms with van der Waals surface area (Å²) in [5, 5.41) is 3.52. The molecule has 1 rings (SSSR count). The maximum Gasteiger partial charge on any atom is 0.0833 e. The fourth-order valence-corrected chi connectivity index (χ4v) is 3.51. The molecule has 0 amide bonds. The van der Waals surface area contributed by atoms with Gasteiger partial charge in [0.05, 0.1) is 5.60 Å². The minimum atomic E-state index is 0.0262. The highest BCUT2D eigenvalue weighted by atomic mass is 16.5. The van der Waals surface area contributed by atoms with Crippen molar-refractivity contribution in [3.63, 3.8) is 0 Å². The van der Waals surface area contributed by atoms with Gasteiger partial charge < -0.3 is 14.8 Å². The van der Waals surface area contributed by atoms with Crippen LogP contribution < -0.4 is 5.32 Å². The van der Waals surface area contributed by atoms with Crippen LogP contribution in [0.3, 0.4) is 0 Å². The van der Waals surface area contributed by atoms with Crippen LogP contribution in [0.1, 0.15) is 51.9 Å². The molecule has 0 aliphatic heterocycles. The molecule has 0 aromatic rings. The minimum Gasteiger partial charge on any atom is -0.385 e. The van der Waals surface area contributed by atoms with E-state index in [0.29, 0.717) is 12.0 Å². The van der Waals surface area contributed by atoms with Gasteiger partial charge in [-0.3, -0.25) is 0 Å². The second kappa shape index (κ2) is 8.13. The lowest BCUT2D eigenvalue weighted by molar-refractivity contribution is -0.0666. The van der Waals surface area contributed by atoms with Crippen molar-refractivity contribution in [1.82, 2.24) is 5.32 Å². The Labute approximate surface area is 113 Å². The molecule has 1 fully saturated rings. The Balaban J connectivity index is 2.73. The SMILES string of the molecule is CNC(C(C)CCOC)C1(OC)CCCCCC1. The molecule has 1 N–H and O–H groups in total. The van der Waals surface area contributed by atoms with Gasteiger partial charge in [0.2, 0.25) is 0 Å². The van der Waals surface area contributed by atoms with E-state index in [0.717, 1.165) is 13.0 Å². The Bertz CT molecular complexity index is 213. The van der Waals surface area contributed by atoms with Gasteiger partial charge in [-0.05, 0) is 32.2 Å². The van der Waals surface area contributed by atoms with Gasteiger partial charge in [0.25, 0.3) is 0 Å². The molecule has 18 heavy (non-hydrogen) atoms. The monoisotopic (exact) mass is 257 g/mol. The van der Waals surface area contributed by atoms with Crippen LogP contribution in [-0.4, -0.2) is 39.5 Å². The zero-order chi connectivity index (χ0) is 13.4. The number of hydrogen-bond acceptors (Lipinski definition) is 3. The van der Waals surface area contributed by atoms with Crippen LogP contribution in [-0.2, 0) is 9.47 Å². The third-order valence-electron chi connectivity index (χ3n) is 4.58. The zero-order valence-corrected chi connectivity index (χ0v) is 12.6. The summed E-state index contributed by atoms with van der Waals surface area (Å²) in [6.07, 6.45) is 8.76. The lowest BCUT2D eigenvalue weighted by Gasteiger charge is -2.42. The third-order valence-corrected chi connectivity index (χ3v) is 4.58. The highest BCUT2D eigenvalue weighted by Crippen LogP contribution is 2.36. The molecule has 0 radical (unpaired) electrons. The van der Waals surface area contributed by atoms with E-state index in [1.165, 1.54) is 38.5 Å². The van der Waals surface area contributed by atoms with Crippen molar-refractivity contribution in [2.75, 3.05) is 27.9 Å². The van der Waals surface area contributed by atoms with E-state index in [4.69, 9.17) is 9.47 Å². The first-order chi connectivity index (χ1) is 8.70. The molecule has 0 aromatic heterocycles. The third kappa shape index (κ3) is 3.94. The topological polar surface area (TPSA) is 30.5 Å². The van der Waals surface area contributed by atoms with Crippen molar-refractivity contribution in [2.24, 2.45) is 5.92 Å². The summed E-state index contributed by atoms with van der Waals surface area (Å²) in [6.45, 7) is 3.14. The van der Waals surface area contributed by atoms with Gasteiger partial charge in [-0.2, -0.15) is 0 Å². The molecule has 1 aliphatic rings. The van der Waals surface area contributed by atoms with Crippen molar-refractivity contribution in [1.29, 1.82) is 0 Å². The fraction of sp³-hybridized carbons (Fsp3) is 1.00. The Morgan fingerprint density at radius 1 is 1.11 bits per heavy atom. The van der Waals surface area contributed by atoms with E-state index in [1.807, 2.05) is 7.11 Å². The predicted octanol–water partition coefficient (Wildman–Crippen LogP) is 2.99. The average Bonchev–Trinajstić information content (AvgIpc) is 2.63. The van der Waals surface area contributed by atoms with Gasteiger partial charge >= 0.3 is 0 Å². The Morgan fingerprint density at radius 2 is 1.72 bits per heavy atom. The molecule has 1 aliphatic carbocycles. The summed E-state index contributed by atoms with van der Waals surface area (Å²) < 4.78 is 11.2. The van der Waals surface area contributed by atoms with Gasteiger partial charge in [0, 0.05) is 26.9 Å².